The molecule has 1 heterocycles. The van der Waals surface area contributed by atoms with Crippen molar-refractivity contribution in [1.29, 1.82) is 0 Å². The normalized spacial score (nSPS) is 10.9. The number of thiophene rings is 1. The lowest BCUT2D eigenvalue weighted by Gasteiger charge is -2.05. The zero-order valence-corrected chi connectivity index (χ0v) is 15.1. The maximum atomic E-state index is 5.84. The Labute approximate surface area is 142 Å². The van der Waals surface area contributed by atoms with Crippen molar-refractivity contribution < 1.29 is 0 Å². The SMILES string of the molecule is Cc1cccc(NC(N)=NCc2ccc(Br)s2)c1.I. The molecule has 0 aliphatic carbocycles. The van der Waals surface area contributed by atoms with Gasteiger partial charge in [0.05, 0.1) is 10.3 Å². The molecule has 1 aromatic heterocycles. The van der Waals surface area contributed by atoms with Gasteiger partial charge in [0.25, 0.3) is 0 Å². The van der Waals surface area contributed by atoms with Gasteiger partial charge in [-0.05, 0) is 52.7 Å². The van der Waals surface area contributed by atoms with Crippen molar-refractivity contribution >= 4 is 62.9 Å². The van der Waals surface area contributed by atoms with Gasteiger partial charge in [0.2, 0.25) is 0 Å². The number of nitrogens with one attached hydrogen (secondary N) is 1. The second-order valence-electron chi connectivity index (χ2n) is 3.90. The summed E-state index contributed by atoms with van der Waals surface area (Å²) >= 11 is 5.09. The molecule has 3 nitrogen and oxygen atoms in total. The van der Waals surface area contributed by atoms with Crippen LogP contribution >= 0.6 is 51.2 Å². The van der Waals surface area contributed by atoms with Gasteiger partial charge < -0.3 is 11.1 Å². The Kier molecular flexibility index (Phi) is 6.81. The number of nitrogens with two attached hydrogens (primary N) is 1. The quantitative estimate of drug-likeness (QED) is 0.413. The van der Waals surface area contributed by atoms with Gasteiger partial charge in [-0.15, -0.1) is 35.3 Å². The summed E-state index contributed by atoms with van der Waals surface area (Å²) in [6.45, 7) is 2.64. The molecule has 2 aromatic rings. The number of anilines is 1. The minimum atomic E-state index is 0. The number of nitrogens with zero attached hydrogens (tertiary/aromatic N) is 1. The van der Waals surface area contributed by atoms with E-state index in [2.05, 4.69) is 26.2 Å². The van der Waals surface area contributed by atoms with E-state index in [1.165, 1.54) is 10.4 Å². The average Bonchev–Trinajstić information content (AvgIpc) is 2.73. The Morgan fingerprint density at radius 2 is 2.16 bits per heavy atom. The molecule has 0 fully saturated rings. The van der Waals surface area contributed by atoms with Crippen LogP contribution in [0.1, 0.15) is 10.4 Å². The Hall–Kier alpha value is -0.600. The van der Waals surface area contributed by atoms with Gasteiger partial charge in [0.1, 0.15) is 0 Å². The fourth-order valence-electron chi connectivity index (χ4n) is 1.51. The number of hydrogen-bond acceptors (Lipinski definition) is 2. The van der Waals surface area contributed by atoms with E-state index in [0.717, 1.165) is 9.47 Å². The van der Waals surface area contributed by atoms with Gasteiger partial charge in [0.15, 0.2) is 5.96 Å². The lowest BCUT2D eigenvalue weighted by molar-refractivity contribution is 1.09. The molecule has 0 aliphatic rings. The molecule has 6 heteroatoms. The van der Waals surface area contributed by atoms with Crippen LogP contribution in [0, 0.1) is 6.92 Å². The third kappa shape index (κ3) is 5.50. The molecule has 102 valence electrons. The highest BCUT2D eigenvalue weighted by molar-refractivity contribution is 14.0. The minimum absolute atomic E-state index is 0. The van der Waals surface area contributed by atoms with Crippen LogP contribution in [-0.2, 0) is 6.54 Å². The number of benzene rings is 1. The number of aliphatic imine (C=N–C) groups is 1. The number of aryl methyl sites for hydroxylation is 1. The summed E-state index contributed by atoms with van der Waals surface area (Å²) < 4.78 is 1.11. The summed E-state index contributed by atoms with van der Waals surface area (Å²) in [5, 5.41) is 3.08. The maximum absolute atomic E-state index is 5.84. The largest absolute Gasteiger partial charge is 0.370 e. The van der Waals surface area contributed by atoms with Crippen molar-refractivity contribution in [3.05, 3.63) is 50.6 Å². The molecular formula is C13H15BrIN3S. The monoisotopic (exact) mass is 451 g/mol. The number of halogens is 2. The molecule has 19 heavy (non-hydrogen) atoms. The van der Waals surface area contributed by atoms with Crippen molar-refractivity contribution in [3.8, 4) is 0 Å². The fourth-order valence-corrected chi connectivity index (χ4v) is 2.92. The van der Waals surface area contributed by atoms with E-state index >= 15 is 0 Å². The van der Waals surface area contributed by atoms with Crippen LogP contribution in [0.5, 0.6) is 0 Å². The molecule has 0 bridgehead atoms. The summed E-state index contributed by atoms with van der Waals surface area (Å²) in [6.07, 6.45) is 0. The Morgan fingerprint density at radius 3 is 2.79 bits per heavy atom. The smallest absolute Gasteiger partial charge is 0.193 e. The summed E-state index contributed by atoms with van der Waals surface area (Å²) in [7, 11) is 0. The highest BCUT2D eigenvalue weighted by atomic mass is 127. The van der Waals surface area contributed by atoms with Gasteiger partial charge in [-0.3, -0.25) is 0 Å². The molecule has 0 spiro atoms. The number of guanidine groups is 1. The predicted octanol–water partition coefficient (Wildman–Crippen LogP) is 4.36. The molecule has 0 saturated carbocycles. The lowest BCUT2D eigenvalue weighted by atomic mass is 10.2. The Bertz CT molecular complexity index is 569. The fraction of sp³-hybridized carbons (Fsp3) is 0.154. The lowest BCUT2D eigenvalue weighted by Crippen LogP contribution is -2.22. The van der Waals surface area contributed by atoms with Crippen molar-refractivity contribution in [2.24, 2.45) is 10.7 Å². The first-order chi connectivity index (χ1) is 8.63. The van der Waals surface area contributed by atoms with Crippen LogP contribution in [0.2, 0.25) is 0 Å². The van der Waals surface area contributed by atoms with Crippen molar-refractivity contribution in [1.82, 2.24) is 0 Å². The van der Waals surface area contributed by atoms with Gasteiger partial charge >= 0.3 is 0 Å². The van der Waals surface area contributed by atoms with E-state index in [9.17, 15) is 0 Å². The van der Waals surface area contributed by atoms with E-state index in [4.69, 9.17) is 5.73 Å². The molecule has 0 atom stereocenters. The Morgan fingerprint density at radius 1 is 1.37 bits per heavy atom. The van der Waals surface area contributed by atoms with Crippen molar-refractivity contribution in [2.45, 2.75) is 13.5 Å². The first-order valence-corrected chi connectivity index (χ1v) is 7.12. The number of rotatable bonds is 3. The van der Waals surface area contributed by atoms with Crippen molar-refractivity contribution in [2.75, 3.05) is 5.32 Å². The highest BCUT2D eigenvalue weighted by Gasteiger charge is 1.98. The third-order valence-electron chi connectivity index (χ3n) is 2.32. The van der Waals surface area contributed by atoms with Gasteiger partial charge in [-0.1, -0.05) is 12.1 Å². The summed E-state index contributed by atoms with van der Waals surface area (Å²) in [6, 6.07) is 12.1. The van der Waals surface area contributed by atoms with Gasteiger partial charge in [-0.2, -0.15) is 0 Å². The van der Waals surface area contributed by atoms with Crippen molar-refractivity contribution in [3.63, 3.8) is 0 Å². The zero-order valence-electron chi connectivity index (χ0n) is 10.4. The van der Waals surface area contributed by atoms with Crippen LogP contribution < -0.4 is 11.1 Å². The highest BCUT2D eigenvalue weighted by Crippen LogP contribution is 2.22. The third-order valence-corrected chi connectivity index (χ3v) is 3.93. The van der Waals surface area contributed by atoms with Crippen LogP contribution in [-0.4, -0.2) is 5.96 Å². The van der Waals surface area contributed by atoms with Gasteiger partial charge in [-0.25, -0.2) is 4.99 Å². The predicted molar refractivity (Wildman–Crippen MR) is 97.6 cm³/mol. The summed E-state index contributed by atoms with van der Waals surface area (Å²) in [5.41, 5.74) is 7.99. The molecule has 0 amide bonds. The van der Waals surface area contributed by atoms with Crippen LogP contribution in [0.15, 0.2) is 45.2 Å². The Balaban J connectivity index is 0.00000180. The second-order valence-corrected chi connectivity index (χ2v) is 6.45. The summed E-state index contributed by atoms with van der Waals surface area (Å²) in [5.74, 6) is 0.435. The van der Waals surface area contributed by atoms with Gasteiger partial charge in [0, 0.05) is 10.6 Å². The molecule has 0 radical (unpaired) electrons. The summed E-state index contributed by atoms with van der Waals surface area (Å²) in [4.78, 5) is 5.48. The molecular weight excluding hydrogens is 437 g/mol. The average molecular weight is 452 g/mol. The number of hydrogen-bond donors (Lipinski definition) is 2. The molecule has 0 saturated heterocycles. The van der Waals surface area contributed by atoms with E-state index in [0.29, 0.717) is 12.5 Å². The zero-order chi connectivity index (χ0) is 13.0. The first kappa shape index (κ1) is 16.5. The van der Waals surface area contributed by atoms with E-state index < -0.39 is 0 Å². The molecule has 0 aliphatic heterocycles. The van der Waals surface area contributed by atoms with E-state index in [-0.39, 0.29) is 24.0 Å². The topological polar surface area (TPSA) is 50.4 Å². The van der Waals surface area contributed by atoms with Crippen LogP contribution in [0.25, 0.3) is 0 Å². The molecule has 0 unspecified atom stereocenters. The van der Waals surface area contributed by atoms with E-state index in [1.807, 2.05) is 43.3 Å². The molecule has 1 aromatic carbocycles. The second kappa shape index (κ2) is 7.86. The molecule has 2 rings (SSSR count). The maximum Gasteiger partial charge on any atom is 0.193 e. The minimum Gasteiger partial charge on any atom is -0.370 e. The standard InChI is InChI=1S/C13H14BrN3S.HI/c1-9-3-2-4-10(7-9)17-13(15)16-8-11-5-6-12(14)18-11;/h2-7H,8H2,1H3,(H3,15,16,17);1H. The first-order valence-electron chi connectivity index (χ1n) is 5.51. The van der Waals surface area contributed by atoms with Crippen LogP contribution in [0.4, 0.5) is 5.69 Å². The van der Waals surface area contributed by atoms with E-state index in [1.54, 1.807) is 11.3 Å². The van der Waals surface area contributed by atoms with Crippen LogP contribution in [0.3, 0.4) is 0 Å². The molecule has 3 N–H and O–H groups in total.